The predicted octanol–water partition coefficient (Wildman–Crippen LogP) is 1.80. The Morgan fingerprint density at radius 3 is 2.84 bits per heavy atom. The van der Waals surface area contributed by atoms with Crippen LogP contribution in [0.25, 0.3) is 0 Å². The van der Waals surface area contributed by atoms with E-state index in [9.17, 15) is 4.79 Å². The largest absolute Gasteiger partial charge is 0.480 e. The Balaban J connectivity index is 2.28. The van der Waals surface area contributed by atoms with E-state index in [4.69, 9.17) is 9.94 Å². The van der Waals surface area contributed by atoms with Crippen LogP contribution in [-0.4, -0.2) is 41.4 Å². The minimum absolute atomic E-state index is 0.00915. The summed E-state index contributed by atoms with van der Waals surface area (Å²) in [6.45, 7) is 4.36. The van der Waals surface area contributed by atoms with Crippen LogP contribution in [0.15, 0.2) is 23.4 Å². The summed E-state index contributed by atoms with van der Waals surface area (Å²) in [6, 6.07) is 5.60. The molecule has 1 amide bonds. The van der Waals surface area contributed by atoms with Crippen LogP contribution in [0, 0.1) is 6.92 Å². The molecule has 0 spiro atoms. The molecule has 1 N–H and O–H groups in total. The van der Waals surface area contributed by atoms with Crippen LogP contribution < -0.4 is 4.74 Å². The number of carbonyl (C=O) groups excluding carboxylic acids is 1. The molecule has 5 heteroatoms. The zero-order valence-electron chi connectivity index (χ0n) is 11.4. The molecule has 1 heterocycles. The van der Waals surface area contributed by atoms with Crippen LogP contribution in [0.1, 0.15) is 24.5 Å². The first kappa shape index (κ1) is 13.4. The maximum absolute atomic E-state index is 11.8. The number of carbonyl (C=O) groups is 1. The number of hydrogen-bond donors (Lipinski definition) is 1. The van der Waals surface area contributed by atoms with Gasteiger partial charge in [-0.1, -0.05) is 16.8 Å². The normalized spacial score (nSPS) is 19.9. The van der Waals surface area contributed by atoms with Gasteiger partial charge in [-0.3, -0.25) is 4.79 Å². The van der Waals surface area contributed by atoms with Crippen LogP contribution in [-0.2, 0) is 4.79 Å². The smallest absolute Gasteiger partial charge is 0.263 e. The molecular formula is C14H18N2O3. The molecule has 5 nitrogen and oxygen atoms in total. The lowest BCUT2D eigenvalue weighted by molar-refractivity contribution is -0.132. The van der Waals surface area contributed by atoms with E-state index in [1.54, 1.807) is 18.9 Å². The molecule has 1 atom stereocenters. The van der Waals surface area contributed by atoms with E-state index in [1.165, 1.54) is 0 Å². The monoisotopic (exact) mass is 262 g/mol. The maximum atomic E-state index is 11.8. The molecule has 0 aliphatic carbocycles. The quantitative estimate of drug-likeness (QED) is 0.513. The van der Waals surface area contributed by atoms with Crippen LogP contribution >= 0.6 is 0 Å². The third-order valence-electron chi connectivity index (χ3n) is 3.32. The van der Waals surface area contributed by atoms with Crippen molar-refractivity contribution in [3.05, 3.63) is 29.3 Å². The van der Waals surface area contributed by atoms with Crippen molar-refractivity contribution in [2.24, 2.45) is 5.16 Å². The highest BCUT2D eigenvalue weighted by Crippen LogP contribution is 2.25. The van der Waals surface area contributed by atoms with E-state index in [0.717, 1.165) is 5.56 Å². The minimum atomic E-state index is -0.446. The Hall–Kier alpha value is -2.04. The van der Waals surface area contributed by atoms with Crippen molar-refractivity contribution in [3.8, 4) is 5.75 Å². The number of rotatable bonds is 3. The van der Waals surface area contributed by atoms with E-state index in [2.05, 4.69) is 5.16 Å². The molecule has 1 unspecified atom stereocenters. The van der Waals surface area contributed by atoms with Gasteiger partial charge in [0.05, 0.1) is 5.71 Å². The van der Waals surface area contributed by atoms with E-state index in [-0.39, 0.29) is 5.91 Å². The maximum Gasteiger partial charge on any atom is 0.263 e. The van der Waals surface area contributed by atoms with Gasteiger partial charge in [0.2, 0.25) is 0 Å². The number of aryl methyl sites for hydroxylation is 1. The third-order valence-corrected chi connectivity index (χ3v) is 3.32. The lowest BCUT2D eigenvalue weighted by Gasteiger charge is -2.16. The summed E-state index contributed by atoms with van der Waals surface area (Å²) in [5.41, 5.74) is 2.22. The Morgan fingerprint density at radius 1 is 1.53 bits per heavy atom. The van der Waals surface area contributed by atoms with Crippen LogP contribution in [0.2, 0.25) is 0 Å². The van der Waals surface area contributed by atoms with Gasteiger partial charge in [-0.2, -0.15) is 0 Å². The topological polar surface area (TPSA) is 62.1 Å². The highest BCUT2D eigenvalue weighted by Gasteiger charge is 2.31. The number of amides is 1. The summed E-state index contributed by atoms with van der Waals surface area (Å²) < 4.78 is 5.78. The Morgan fingerprint density at radius 2 is 2.26 bits per heavy atom. The molecule has 0 radical (unpaired) electrons. The Labute approximate surface area is 112 Å². The molecular weight excluding hydrogens is 244 g/mol. The molecule has 1 aliphatic rings. The average molecular weight is 262 g/mol. The number of benzene rings is 1. The van der Waals surface area contributed by atoms with Gasteiger partial charge in [0.25, 0.3) is 5.91 Å². The van der Waals surface area contributed by atoms with Crippen molar-refractivity contribution in [2.75, 3.05) is 13.6 Å². The van der Waals surface area contributed by atoms with E-state index < -0.39 is 6.10 Å². The van der Waals surface area contributed by atoms with Gasteiger partial charge in [-0.15, -0.1) is 0 Å². The number of ether oxygens (including phenoxy) is 1. The molecule has 1 aromatic carbocycles. The summed E-state index contributed by atoms with van der Waals surface area (Å²) in [6.07, 6.45) is 0.232. The zero-order valence-corrected chi connectivity index (χ0v) is 11.4. The standard InChI is InChI=1S/C14H18N2O3/c1-9-4-5-12(11(8-9)10(2)15-18)19-13-6-7-16(3)14(13)17/h4-5,8,13,18H,6-7H2,1-3H3. The fourth-order valence-corrected chi connectivity index (χ4v) is 2.14. The first-order valence-electron chi connectivity index (χ1n) is 6.24. The second kappa shape index (κ2) is 5.30. The summed E-state index contributed by atoms with van der Waals surface area (Å²) in [5.74, 6) is 0.569. The van der Waals surface area contributed by atoms with Crippen LogP contribution in [0.3, 0.4) is 0 Å². The van der Waals surface area contributed by atoms with Gasteiger partial charge in [0.1, 0.15) is 5.75 Å². The lowest BCUT2D eigenvalue weighted by atomic mass is 10.1. The minimum Gasteiger partial charge on any atom is -0.480 e. The highest BCUT2D eigenvalue weighted by molar-refractivity contribution is 6.01. The van der Waals surface area contributed by atoms with E-state index in [1.807, 2.05) is 25.1 Å². The van der Waals surface area contributed by atoms with Gasteiger partial charge in [-0.25, -0.2) is 0 Å². The molecule has 1 aliphatic heterocycles. The van der Waals surface area contributed by atoms with Crippen molar-refractivity contribution in [1.29, 1.82) is 0 Å². The van der Waals surface area contributed by atoms with Crippen molar-refractivity contribution in [2.45, 2.75) is 26.4 Å². The van der Waals surface area contributed by atoms with Crippen molar-refractivity contribution in [3.63, 3.8) is 0 Å². The molecule has 19 heavy (non-hydrogen) atoms. The highest BCUT2D eigenvalue weighted by atomic mass is 16.5. The molecule has 1 fully saturated rings. The average Bonchev–Trinajstić information content (AvgIpc) is 2.71. The summed E-state index contributed by atoms with van der Waals surface area (Å²) in [5, 5.41) is 12.1. The van der Waals surface area contributed by atoms with Crippen LogP contribution in [0.5, 0.6) is 5.75 Å². The van der Waals surface area contributed by atoms with E-state index >= 15 is 0 Å². The SMILES string of the molecule is CC(=NO)c1cc(C)ccc1OC1CCN(C)C1=O. The molecule has 1 saturated heterocycles. The molecule has 0 bridgehead atoms. The van der Waals surface area contributed by atoms with Crippen molar-refractivity contribution >= 4 is 11.6 Å². The summed E-state index contributed by atoms with van der Waals surface area (Å²) in [7, 11) is 1.77. The predicted molar refractivity (Wildman–Crippen MR) is 71.8 cm³/mol. The Kier molecular flexibility index (Phi) is 3.74. The lowest BCUT2D eigenvalue weighted by Crippen LogP contribution is -2.29. The van der Waals surface area contributed by atoms with Gasteiger partial charge in [0.15, 0.2) is 6.10 Å². The van der Waals surface area contributed by atoms with Crippen LogP contribution in [0.4, 0.5) is 0 Å². The number of hydrogen-bond acceptors (Lipinski definition) is 4. The van der Waals surface area contributed by atoms with Gasteiger partial charge in [-0.05, 0) is 26.0 Å². The zero-order chi connectivity index (χ0) is 14.0. The third kappa shape index (κ3) is 2.70. The molecule has 1 aromatic rings. The second-order valence-electron chi connectivity index (χ2n) is 4.84. The fraction of sp³-hybridized carbons (Fsp3) is 0.429. The summed E-state index contributed by atoms with van der Waals surface area (Å²) >= 11 is 0. The fourth-order valence-electron chi connectivity index (χ4n) is 2.14. The Bertz CT molecular complexity index is 525. The van der Waals surface area contributed by atoms with Gasteiger partial charge < -0.3 is 14.8 Å². The summed E-state index contributed by atoms with van der Waals surface area (Å²) in [4.78, 5) is 13.5. The molecule has 2 rings (SSSR count). The van der Waals surface area contributed by atoms with E-state index in [0.29, 0.717) is 30.0 Å². The number of likely N-dealkylation sites (tertiary alicyclic amines) is 1. The first-order chi connectivity index (χ1) is 9.02. The number of likely N-dealkylation sites (N-methyl/N-ethyl adjacent to an activating group) is 1. The van der Waals surface area contributed by atoms with Crippen molar-refractivity contribution in [1.82, 2.24) is 4.90 Å². The van der Waals surface area contributed by atoms with Gasteiger partial charge >= 0.3 is 0 Å². The van der Waals surface area contributed by atoms with Crippen molar-refractivity contribution < 1.29 is 14.7 Å². The molecule has 0 saturated carbocycles. The second-order valence-corrected chi connectivity index (χ2v) is 4.84. The number of oxime groups is 1. The van der Waals surface area contributed by atoms with Gasteiger partial charge in [0, 0.05) is 25.6 Å². The number of nitrogens with zero attached hydrogens (tertiary/aromatic N) is 2. The molecule has 102 valence electrons. The first-order valence-corrected chi connectivity index (χ1v) is 6.24. The molecule has 0 aromatic heterocycles.